The van der Waals surface area contributed by atoms with Gasteiger partial charge >= 0.3 is 0 Å². The van der Waals surface area contributed by atoms with Gasteiger partial charge in [-0.05, 0) is 27.8 Å². The Hall–Kier alpha value is -2.38. The highest BCUT2D eigenvalue weighted by atomic mass is 14.9. The smallest absolute Gasteiger partial charge is 0.0585 e. The fourth-order valence-corrected chi connectivity index (χ4v) is 3.20. The quantitative estimate of drug-likeness (QED) is 0.685. The van der Waals surface area contributed by atoms with E-state index >= 15 is 0 Å². The molecule has 0 fully saturated rings. The molecule has 3 aromatic rings. The molecule has 0 aromatic heterocycles. The van der Waals surface area contributed by atoms with Crippen LogP contribution in [0.2, 0.25) is 0 Å². The molecular formula is C20H17N. The van der Waals surface area contributed by atoms with Crippen molar-refractivity contribution in [2.45, 2.75) is 12.6 Å². The number of fused-ring (bicyclic) bond motifs is 3. The Morgan fingerprint density at radius 1 is 0.667 bits per heavy atom. The third-order valence-corrected chi connectivity index (χ3v) is 4.21. The van der Waals surface area contributed by atoms with Gasteiger partial charge in [-0.2, -0.15) is 0 Å². The summed E-state index contributed by atoms with van der Waals surface area (Å²) in [5, 5.41) is 3.71. The Bertz CT molecular complexity index is 762. The van der Waals surface area contributed by atoms with Gasteiger partial charge in [-0.3, -0.25) is 0 Å². The van der Waals surface area contributed by atoms with E-state index in [2.05, 4.69) is 84.2 Å². The van der Waals surface area contributed by atoms with E-state index in [1.165, 1.54) is 27.8 Å². The van der Waals surface area contributed by atoms with Crippen LogP contribution in [0.1, 0.15) is 22.7 Å². The van der Waals surface area contributed by atoms with Crippen LogP contribution in [0.15, 0.2) is 78.9 Å². The number of hydrogen-bond donors (Lipinski definition) is 1. The zero-order chi connectivity index (χ0) is 14.1. The van der Waals surface area contributed by atoms with Gasteiger partial charge in [-0.15, -0.1) is 0 Å². The normalized spacial score (nSPS) is 16.7. The summed E-state index contributed by atoms with van der Waals surface area (Å²) in [6.07, 6.45) is 0. The second-order valence-electron chi connectivity index (χ2n) is 5.47. The van der Waals surface area contributed by atoms with Crippen LogP contribution in [-0.2, 0) is 6.54 Å². The fourth-order valence-electron chi connectivity index (χ4n) is 3.20. The molecule has 21 heavy (non-hydrogen) atoms. The molecule has 0 amide bonds. The van der Waals surface area contributed by atoms with E-state index in [-0.39, 0.29) is 6.04 Å². The maximum atomic E-state index is 3.71. The monoisotopic (exact) mass is 271 g/mol. The van der Waals surface area contributed by atoms with Crippen molar-refractivity contribution in [3.05, 3.63) is 95.6 Å². The Morgan fingerprint density at radius 3 is 2.19 bits per heavy atom. The SMILES string of the molecule is c1ccc(C2NCc3ccccc3-c3ccccc32)cc1. The van der Waals surface area contributed by atoms with Crippen molar-refractivity contribution >= 4 is 0 Å². The standard InChI is InChI=1S/C20H17N/c1-2-8-15(9-3-1)20-19-13-7-6-12-18(19)17-11-5-4-10-16(17)14-21-20/h1-13,20-21H,14H2. The van der Waals surface area contributed by atoms with Gasteiger partial charge in [0.15, 0.2) is 0 Å². The average molecular weight is 271 g/mol. The van der Waals surface area contributed by atoms with Gasteiger partial charge in [-0.25, -0.2) is 0 Å². The summed E-state index contributed by atoms with van der Waals surface area (Å²) in [5.41, 5.74) is 6.72. The first-order valence-electron chi connectivity index (χ1n) is 7.39. The lowest BCUT2D eigenvalue weighted by Crippen LogP contribution is -2.20. The highest BCUT2D eigenvalue weighted by molar-refractivity contribution is 5.72. The van der Waals surface area contributed by atoms with Crippen LogP contribution in [-0.4, -0.2) is 0 Å². The van der Waals surface area contributed by atoms with Gasteiger partial charge < -0.3 is 5.32 Å². The van der Waals surface area contributed by atoms with Gasteiger partial charge in [0.05, 0.1) is 6.04 Å². The summed E-state index contributed by atoms with van der Waals surface area (Å²) in [7, 11) is 0. The lowest BCUT2D eigenvalue weighted by atomic mass is 9.91. The summed E-state index contributed by atoms with van der Waals surface area (Å²) < 4.78 is 0. The Morgan fingerprint density at radius 2 is 1.33 bits per heavy atom. The Balaban J connectivity index is 1.92. The third kappa shape index (κ3) is 2.16. The van der Waals surface area contributed by atoms with Crippen molar-refractivity contribution in [2.24, 2.45) is 0 Å². The molecule has 1 heterocycles. The van der Waals surface area contributed by atoms with E-state index in [0.29, 0.717) is 0 Å². The molecule has 102 valence electrons. The minimum Gasteiger partial charge on any atom is -0.302 e. The molecule has 0 aliphatic carbocycles. The molecule has 4 rings (SSSR count). The number of nitrogens with one attached hydrogen (secondary N) is 1. The van der Waals surface area contributed by atoms with Gasteiger partial charge in [-0.1, -0.05) is 78.9 Å². The second-order valence-corrected chi connectivity index (χ2v) is 5.47. The first-order chi connectivity index (χ1) is 10.4. The van der Waals surface area contributed by atoms with Crippen molar-refractivity contribution in [1.82, 2.24) is 5.32 Å². The third-order valence-electron chi connectivity index (χ3n) is 4.21. The van der Waals surface area contributed by atoms with Gasteiger partial charge in [0.2, 0.25) is 0 Å². The van der Waals surface area contributed by atoms with Crippen molar-refractivity contribution < 1.29 is 0 Å². The fraction of sp³-hybridized carbons (Fsp3) is 0.100. The van der Waals surface area contributed by atoms with Crippen molar-refractivity contribution in [3.63, 3.8) is 0 Å². The summed E-state index contributed by atoms with van der Waals surface area (Å²) in [6.45, 7) is 0.893. The van der Waals surface area contributed by atoms with Crippen LogP contribution < -0.4 is 5.32 Å². The van der Waals surface area contributed by atoms with Crippen LogP contribution in [0.25, 0.3) is 11.1 Å². The highest BCUT2D eigenvalue weighted by Crippen LogP contribution is 2.36. The largest absolute Gasteiger partial charge is 0.302 e. The first kappa shape index (κ1) is 12.4. The van der Waals surface area contributed by atoms with Gasteiger partial charge in [0.25, 0.3) is 0 Å². The van der Waals surface area contributed by atoms with Crippen LogP contribution in [0, 0.1) is 0 Å². The lowest BCUT2D eigenvalue weighted by molar-refractivity contribution is 0.613. The average Bonchev–Trinajstić information content (AvgIpc) is 2.73. The molecule has 1 atom stereocenters. The van der Waals surface area contributed by atoms with Crippen LogP contribution in [0.3, 0.4) is 0 Å². The minimum absolute atomic E-state index is 0.245. The van der Waals surface area contributed by atoms with E-state index in [4.69, 9.17) is 0 Å². The summed E-state index contributed by atoms with van der Waals surface area (Å²) in [4.78, 5) is 0. The molecule has 0 spiro atoms. The molecule has 3 aromatic carbocycles. The number of hydrogen-bond acceptors (Lipinski definition) is 1. The van der Waals surface area contributed by atoms with Crippen LogP contribution in [0.4, 0.5) is 0 Å². The van der Waals surface area contributed by atoms with Gasteiger partial charge in [0, 0.05) is 6.54 Å². The van der Waals surface area contributed by atoms with E-state index in [0.717, 1.165) is 6.54 Å². The lowest BCUT2D eigenvalue weighted by Gasteiger charge is -2.19. The molecule has 0 radical (unpaired) electrons. The number of rotatable bonds is 1. The molecule has 1 N–H and O–H groups in total. The van der Waals surface area contributed by atoms with Crippen LogP contribution in [0.5, 0.6) is 0 Å². The minimum atomic E-state index is 0.245. The number of benzene rings is 3. The first-order valence-corrected chi connectivity index (χ1v) is 7.39. The van der Waals surface area contributed by atoms with E-state index in [1.54, 1.807) is 0 Å². The molecule has 1 aliphatic rings. The zero-order valence-corrected chi connectivity index (χ0v) is 11.8. The zero-order valence-electron chi connectivity index (χ0n) is 11.8. The Labute approximate surface area is 125 Å². The van der Waals surface area contributed by atoms with Crippen molar-refractivity contribution in [2.75, 3.05) is 0 Å². The van der Waals surface area contributed by atoms with Gasteiger partial charge in [0.1, 0.15) is 0 Å². The van der Waals surface area contributed by atoms with E-state index in [9.17, 15) is 0 Å². The maximum Gasteiger partial charge on any atom is 0.0585 e. The van der Waals surface area contributed by atoms with Crippen molar-refractivity contribution in [3.8, 4) is 11.1 Å². The molecule has 1 unspecified atom stereocenters. The summed E-state index contributed by atoms with van der Waals surface area (Å²) in [6, 6.07) is 28.3. The topological polar surface area (TPSA) is 12.0 Å². The van der Waals surface area contributed by atoms with E-state index in [1.807, 2.05) is 0 Å². The predicted molar refractivity (Wildman–Crippen MR) is 87.0 cm³/mol. The molecule has 0 saturated carbocycles. The molecule has 1 nitrogen and oxygen atoms in total. The maximum absolute atomic E-state index is 3.71. The highest BCUT2D eigenvalue weighted by Gasteiger charge is 2.22. The molecule has 1 heteroatoms. The second kappa shape index (κ2) is 5.19. The predicted octanol–water partition coefficient (Wildman–Crippen LogP) is 4.55. The summed E-state index contributed by atoms with van der Waals surface area (Å²) in [5.74, 6) is 0. The molecule has 0 saturated heterocycles. The summed E-state index contributed by atoms with van der Waals surface area (Å²) >= 11 is 0. The van der Waals surface area contributed by atoms with Crippen molar-refractivity contribution in [1.29, 1.82) is 0 Å². The Kier molecular flexibility index (Phi) is 3.06. The molecular weight excluding hydrogens is 254 g/mol. The molecule has 1 aliphatic heterocycles. The van der Waals surface area contributed by atoms with E-state index < -0.39 is 0 Å². The van der Waals surface area contributed by atoms with Crippen LogP contribution >= 0.6 is 0 Å². The molecule has 0 bridgehead atoms.